The van der Waals surface area contributed by atoms with Crippen LogP contribution in [-0.2, 0) is 4.94 Å². The van der Waals surface area contributed by atoms with Gasteiger partial charge in [0.25, 0.3) is 0 Å². The molecule has 1 fully saturated rings. The molecule has 6 nitrogen and oxygen atoms in total. The van der Waals surface area contributed by atoms with Crippen molar-refractivity contribution in [3.8, 4) is 12.5 Å². The molecule has 6 heteroatoms. The summed E-state index contributed by atoms with van der Waals surface area (Å²) in [5.41, 5.74) is 4.92. The van der Waals surface area contributed by atoms with Crippen LogP contribution >= 0.6 is 0 Å². The predicted octanol–water partition coefficient (Wildman–Crippen LogP) is 3.02. The lowest BCUT2D eigenvalue weighted by Gasteiger charge is -2.14. The van der Waals surface area contributed by atoms with Crippen LogP contribution in [0.4, 0.5) is 0 Å². The minimum atomic E-state index is -0.474. The van der Waals surface area contributed by atoms with E-state index in [1.54, 1.807) is 14.0 Å². The molecule has 0 saturated carbocycles. The molecule has 1 saturated heterocycles. The maximum absolute atomic E-state index is 7.85. The first-order valence-corrected chi connectivity index (χ1v) is 7.81. The number of hydrogen-bond donors (Lipinski definition) is 2. The van der Waals surface area contributed by atoms with Gasteiger partial charge in [-0.05, 0) is 25.3 Å². The molecular weight excluding hydrogens is 302 g/mol. The lowest BCUT2D eigenvalue weighted by atomic mass is 10.0. The second kappa shape index (κ2) is 10.3. The van der Waals surface area contributed by atoms with Crippen LogP contribution in [0.25, 0.3) is 0 Å². The molecule has 0 aromatic heterocycles. The van der Waals surface area contributed by atoms with Crippen molar-refractivity contribution < 1.29 is 4.94 Å². The van der Waals surface area contributed by atoms with Gasteiger partial charge in [-0.2, -0.15) is 9.93 Å². The van der Waals surface area contributed by atoms with Crippen LogP contribution in [0.1, 0.15) is 33.1 Å². The fraction of sp³-hybridized carbons (Fsp3) is 0.389. The third-order valence-corrected chi connectivity index (χ3v) is 3.15. The number of nitrogens with zero attached hydrogens (tertiary/aromatic N) is 3. The number of aliphatic imine (C=N–C) groups is 2. The molecule has 1 unspecified atom stereocenters. The van der Waals surface area contributed by atoms with Crippen molar-refractivity contribution in [1.29, 1.82) is 5.41 Å². The van der Waals surface area contributed by atoms with Gasteiger partial charge in [-0.15, -0.1) is 11.6 Å². The average Bonchev–Trinajstić information content (AvgIpc) is 2.87. The normalized spacial score (nSPS) is 21.1. The maximum atomic E-state index is 7.85. The molecule has 1 rings (SSSR count). The van der Waals surface area contributed by atoms with Crippen molar-refractivity contribution in [3.63, 3.8) is 0 Å². The van der Waals surface area contributed by atoms with Gasteiger partial charge >= 0.3 is 0 Å². The van der Waals surface area contributed by atoms with Gasteiger partial charge in [-0.25, -0.2) is 5.48 Å². The Hall–Kier alpha value is -2.49. The third-order valence-electron chi connectivity index (χ3n) is 3.15. The van der Waals surface area contributed by atoms with Crippen LogP contribution in [0.3, 0.4) is 0 Å². The van der Waals surface area contributed by atoms with Gasteiger partial charge in [0.1, 0.15) is 0 Å². The van der Waals surface area contributed by atoms with E-state index in [9.17, 15) is 0 Å². The van der Waals surface area contributed by atoms with E-state index in [4.69, 9.17) is 21.8 Å². The lowest BCUT2D eigenvalue weighted by molar-refractivity contribution is -0.151. The third kappa shape index (κ3) is 5.95. The van der Waals surface area contributed by atoms with E-state index in [0.29, 0.717) is 18.0 Å². The van der Waals surface area contributed by atoms with Crippen LogP contribution in [0, 0.1) is 17.9 Å². The fourth-order valence-electron chi connectivity index (χ4n) is 2.04. The molecular formula is C18H25N5O. The molecule has 0 spiro atoms. The van der Waals surface area contributed by atoms with E-state index in [-0.39, 0.29) is 0 Å². The largest absolute Gasteiger partial charge is 0.310 e. The van der Waals surface area contributed by atoms with Gasteiger partial charge in [0.05, 0.1) is 0 Å². The number of allylic oxidation sites excluding steroid dienone is 5. The van der Waals surface area contributed by atoms with Gasteiger partial charge < -0.3 is 5.41 Å². The van der Waals surface area contributed by atoms with Crippen LogP contribution in [0.5, 0.6) is 0 Å². The minimum Gasteiger partial charge on any atom is -0.310 e. The average molecular weight is 327 g/mol. The van der Waals surface area contributed by atoms with E-state index in [0.717, 1.165) is 24.1 Å². The van der Waals surface area contributed by atoms with E-state index in [2.05, 4.69) is 36.1 Å². The van der Waals surface area contributed by atoms with Gasteiger partial charge in [0, 0.05) is 30.9 Å². The monoisotopic (exact) mass is 327 g/mol. The highest BCUT2D eigenvalue weighted by Crippen LogP contribution is 2.14. The molecule has 1 atom stereocenters. The Morgan fingerprint density at radius 3 is 2.92 bits per heavy atom. The Bertz CT molecular complexity index is 622. The first kappa shape index (κ1) is 19.6. The first-order valence-electron chi connectivity index (χ1n) is 7.81. The molecule has 24 heavy (non-hydrogen) atoms. The minimum absolute atomic E-state index is 0.435. The summed E-state index contributed by atoms with van der Waals surface area (Å²) in [6, 6.07) is 2.24. The molecule has 1 aliphatic rings. The first-order chi connectivity index (χ1) is 11.5. The molecule has 0 aliphatic carbocycles. The van der Waals surface area contributed by atoms with Crippen LogP contribution in [0.2, 0.25) is 0 Å². The quantitative estimate of drug-likeness (QED) is 0.311. The summed E-state index contributed by atoms with van der Waals surface area (Å²) >= 11 is 0. The van der Waals surface area contributed by atoms with Crippen molar-refractivity contribution in [2.45, 2.75) is 39.3 Å². The molecule has 0 aromatic rings. The summed E-state index contributed by atoms with van der Waals surface area (Å²) in [5.74, 6) is 0.447. The van der Waals surface area contributed by atoms with Gasteiger partial charge in [0.2, 0.25) is 0 Å². The summed E-state index contributed by atoms with van der Waals surface area (Å²) in [5, 5.41) is 9.38. The van der Waals surface area contributed by atoms with Crippen LogP contribution in [-0.4, -0.2) is 35.5 Å². The number of hydroxylamine groups is 3. The zero-order valence-corrected chi connectivity index (χ0v) is 14.5. The molecule has 1 aliphatic heterocycles. The van der Waals surface area contributed by atoms with Crippen molar-refractivity contribution in [2.75, 3.05) is 7.05 Å². The van der Waals surface area contributed by atoms with Crippen LogP contribution in [0.15, 0.2) is 46.4 Å². The molecule has 0 aromatic carbocycles. The van der Waals surface area contributed by atoms with E-state index in [1.807, 2.05) is 18.2 Å². The smallest absolute Gasteiger partial charge is 0.187 e. The molecule has 1 heterocycles. The molecule has 0 bridgehead atoms. The Labute approximate surface area is 144 Å². The number of nitrogens with one attached hydrogen (secondary N) is 2. The second-order valence-corrected chi connectivity index (χ2v) is 5.27. The highest BCUT2D eigenvalue weighted by Gasteiger charge is 2.29. The Morgan fingerprint density at radius 1 is 1.58 bits per heavy atom. The summed E-state index contributed by atoms with van der Waals surface area (Å²) in [4.78, 5) is 13.9. The van der Waals surface area contributed by atoms with E-state index >= 15 is 0 Å². The number of likely N-dealkylation sites (N-methyl/N-ethyl adjacent to an activating group) is 1. The highest BCUT2D eigenvalue weighted by atomic mass is 16.8. The fourth-order valence-corrected chi connectivity index (χ4v) is 2.04. The zero-order valence-electron chi connectivity index (χ0n) is 14.5. The standard InChI is InChI=1S/C18H25N5O/c1-6-9-11-15(12-10-7-2)16(13-14(4)19)21-18-17(20-8-3)22-24-23(18)5/h3,6,10-12,18-19H,1,7,9,13H2,2,4-5H3,(H,20,22)/b12-10-,15-11+,19-14?,21-16?. The maximum Gasteiger partial charge on any atom is 0.187 e. The topological polar surface area (TPSA) is 73.1 Å². The Balaban J connectivity index is 3.29. The van der Waals surface area contributed by atoms with Crippen molar-refractivity contribution in [3.05, 3.63) is 36.5 Å². The van der Waals surface area contributed by atoms with Crippen LogP contribution < -0.4 is 5.48 Å². The number of amidine groups is 1. The molecule has 2 N–H and O–H groups in total. The van der Waals surface area contributed by atoms with Gasteiger partial charge in [-0.1, -0.05) is 37.7 Å². The lowest BCUT2D eigenvalue weighted by Crippen LogP contribution is -2.30. The molecule has 0 amide bonds. The van der Waals surface area contributed by atoms with E-state index in [1.165, 1.54) is 5.06 Å². The Kier molecular flexibility index (Phi) is 8.41. The number of rotatable bonds is 8. The van der Waals surface area contributed by atoms with Gasteiger partial charge in [-0.3, -0.25) is 4.99 Å². The van der Waals surface area contributed by atoms with Gasteiger partial charge in [0.15, 0.2) is 12.0 Å². The summed E-state index contributed by atoms with van der Waals surface area (Å²) in [6.45, 7) is 7.58. The molecule has 128 valence electrons. The second-order valence-electron chi connectivity index (χ2n) is 5.27. The molecule has 0 radical (unpaired) electrons. The van der Waals surface area contributed by atoms with Crippen molar-refractivity contribution in [2.24, 2.45) is 9.98 Å². The SMILES string of the molecule is C#CN=C1NON(C)C1N=C(CC(C)=N)C(/C=C\CC)=C/CC=C. The van der Waals surface area contributed by atoms with Crippen molar-refractivity contribution >= 4 is 17.3 Å². The highest BCUT2D eigenvalue weighted by molar-refractivity contribution is 6.13. The predicted molar refractivity (Wildman–Crippen MR) is 99.8 cm³/mol. The van der Waals surface area contributed by atoms with E-state index < -0.39 is 6.17 Å². The summed E-state index contributed by atoms with van der Waals surface area (Å²) in [7, 11) is 1.74. The van der Waals surface area contributed by atoms with Crippen molar-refractivity contribution in [1.82, 2.24) is 10.5 Å². The zero-order chi connectivity index (χ0) is 17.9. The number of hydrogen-bond acceptors (Lipinski definition) is 5. The Morgan fingerprint density at radius 2 is 2.33 bits per heavy atom. The summed E-state index contributed by atoms with van der Waals surface area (Å²) in [6.07, 6.45) is 14.8. The number of terminal acetylenes is 1. The summed E-state index contributed by atoms with van der Waals surface area (Å²) < 4.78 is 0.